The molecule has 1 atom stereocenters. The van der Waals surface area contributed by atoms with Gasteiger partial charge in [-0.25, -0.2) is 8.42 Å². The Bertz CT molecular complexity index is 692. The minimum absolute atomic E-state index is 0.105. The number of carbonyl (C=O) groups is 2. The van der Waals surface area contributed by atoms with E-state index in [9.17, 15) is 18.0 Å². The van der Waals surface area contributed by atoms with Gasteiger partial charge in [0.1, 0.15) is 5.69 Å². The molecule has 0 saturated carbocycles. The lowest BCUT2D eigenvalue weighted by Crippen LogP contribution is -2.63. The van der Waals surface area contributed by atoms with Gasteiger partial charge in [-0.05, 0) is 25.8 Å². The van der Waals surface area contributed by atoms with Gasteiger partial charge in [-0.2, -0.15) is 5.10 Å². The number of Topliss-reactive ketones (excluding diaryl/α,β-unsaturated/α-hetero) is 1. The van der Waals surface area contributed by atoms with E-state index >= 15 is 0 Å². The molecule has 1 amide bonds. The average molecular weight is 358 g/mol. The van der Waals surface area contributed by atoms with Crippen LogP contribution in [-0.4, -0.2) is 46.8 Å². The van der Waals surface area contributed by atoms with Crippen molar-refractivity contribution in [1.82, 2.24) is 10.2 Å². The van der Waals surface area contributed by atoms with E-state index in [0.717, 1.165) is 0 Å². The van der Waals surface area contributed by atoms with Crippen LogP contribution in [0.1, 0.15) is 55.7 Å². The number of amides is 1. The fraction of sp³-hybridized carbons (Fsp3) is 0.667. The first-order valence-corrected chi connectivity index (χ1v) is 9.67. The Labute approximate surface area is 142 Å². The van der Waals surface area contributed by atoms with Crippen LogP contribution in [0.3, 0.4) is 0 Å². The van der Waals surface area contributed by atoms with E-state index in [4.69, 9.17) is 11.5 Å². The predicted molar refractivity (Wildman–Crippen MR) is 91.2 cm³/mol. The summed E-state index contributed by atoms with van der Waals surface area (Å²) in [7, 11) is -3.78. The lowest BCUT2D eigenvalue weighted by atomic mass is 9.94. The number of hydrogen-bond acceptors (Lipinski definition) is 6. The number of rotatable bonds is 10. The molecule has 0 saturated heterocycles. The lowest BCUT2D eigenvalue weighted by Gasteiger charge is -2.26. The van der Waals surface area contributed by atoms with Gasteiger partial charge >= 0.3 is 0 Å². The first-order valence-electron chi connectivity index (χ1n) is 7.95. The molecule has 1 aromatic heterocycles. The van der Waals surface area contributed by atoms with Gasteiger partial charge < -0.3 is 11.5 Å². The molecule has 24 heavy (non-hydrogen) atoms. The largest absolute Gasteiger partial charge is 0.368 e. The molecule has 0 bridgehead atoms. The quantitative estimate of drug-likeness (QED) is 0.409. The first-order chi connectivity index (χ1) is 11.1. The van der Waals surface area contributed by atoms with E-state index in [1.807, 2.05) is 13.8 Å². The molecule has 1 aromatic rings. The first kappa shape index (κ1) is 20.3. The zero-order valence-electron chi connectivity index (χ0n) is 14.3. The Morgan fingerprint density at radius 1 is 1.29 bits per heavy atom. The summed E-state index contributed by atoms with van der Waals surface area (Å²) < 4.78 is 25.4. The van der Waals surface area contributed by atoms with Crippen LogP contribution >= 0.6 is 0 Å². The molecule has 0 unspecified atom stereocenters. The number of H-pyrrole nitrogens is 1. The van der Waals surface area contributed by atoms with E-state index in [-0.39, 0.29) is 5.69 Å². The van der Waals surface area contributed by atoms with Crippen molar-refractivity contribution < 1.29 is 18.0 Å². The molecule has 0 aliphatic heterocycles. The van der Waals surface area contributed by atoms with Gasteiger partial charge in [0, 0.05) is 5.69 Å². The van der Waals surface area contributed by atoms with E-state index in [2.05, 4.69) is 10.2 Å². The molecule has 9 heteroatoms. The van der Waals surface area contributed by atoms with Crippen molar-refractivity contribution in [2.24, 2.45) is 11.5 Å². The molecule has 136 valence electrons. The minimum atomic E-state index is -3.78. The summed E-state index contributed by atoms with van der Waals surface area (Å²) in [4.78, 5) is 24.4. The third kappa shape index (κ3) is 4.41. The van der Waals surface area contributed by atoms with Gasteiger partial charge in [-0.3, -0.25) is 14.7 Å². The molecule has 0 spiro atoms. The van der Waals surface area contributed by atoms with Gasteiger partial charge in [0.05, 0.1) is 11.0 Å². The average Bonchev–Trinajstić information content (AvgIpc) is 2.92. The molecule has 1 rings (SSSR count). The number of nitrogens with zero attached hydrogens (tertiary/aromatic N) is 1. The standard InChI is InChI=1S/C15H26N4O4S/c1-4-6-11(7-5-2)24(22,23)9-15(17,14(16)21)13(20)12-8-10(3)18-19-12/h8,11H,4-7,9,17H2,1-3H3,(H2,16,21)(H,18,19)/t15-/m0/s1. The molecular weight excluding hydrogens is 332 g/mol. The summed E-state index contributed by atoms with van der Waals surface area (Å²) >= 11 is 0. The Morgan fingerprint density at radius 3 is 2.21 bits per heavy atom. The highest BCUT2D eigenvalue weighted by atomic mass is 32.2. The molecule has 0 aromatic carbocycles. The van der Waals surface area contributed by atoms with Crippen LogP contribution in [-0.2, 0) is 14.6 Å². The normalized spacial score (nSPS) is 14.5. The molecule has 0 radical (unpaired) electrons. The van der Waals surface area contributed by atoms with Crippen LogP contribution in [0.25, 0.3) is 0 Å². The molecule has 8 nitrogen and oxygen atoms in total. The Balaban J connectivity index is 3.19. The van der Waals surface area contributed by atoms with Gasteiger partial charge in [-0.15, -0.1) is 0 Å². The summed E-state index contributed by atoms with van der Waals surface area (Å²) in [6.45, 7) is 5.42. The van der Waals surface area contributed by atoms with Gasteiger partial charge in [0.2, 0.25) is 11.7 Å². The summed E-state index contributed by atoms with van der Waals surface area (Å²) in [5.74, 6) is -2.89. The Kier molecular flexibility index (Phi) is 6.67. The van der Waals surface area contributed by atoms with Crippen molar-refractivity contribution in [3.8, 4) is 0 Å². The highest BCUT2D eigenvalue weighted by Gasteiger charge is 2.47. The van der Waals surface area contributed by atoms with E-state index < -0.39 is 38.1 Å². The van der Waals surface area contributed by atoms with Gasteiger partial charge in [0.25, 0.3) is 0 Å². The molecule has 5 N–H and O–H groups in total. The van der Waals surface area contributed by atoms with Crippen molar-refractivity contribution in [1.29, 1.82) is 0 Å². The SMILES string of the molecule is CCCC(CCC)S(=O)(=O)C[C@@](N)(C(N)=O)C(=O)c1cc(C)[nH]n1. The number of sulfone groups is 1. The third-order valence-electron chi connectivity index (χ3n) is 3.94. The molecular formula is C15H26N4O4S. The van der Waals surface area contributed by atoms with Crippen molar-refractivity contribution >= 4 is 21.5 Å². The minimum Gasteiger partial charge on any atom is -0.368 e. The summed E-state index contributed by atoms with van der Waals surface area (Å²) in [5, 5.41) is 5.66. The zero-order valence-corrected chi connectivity index (χ0v) is 15.1. The molecule has 0 aliphatic carbocycles. The number of aryl methyl sites for hydroxylation is 1. The van der Waals surface area contributed by atoms with Crippen LogP contribution in [0.2, 0.25) is 0 Å². The third-order valence-corrected chi connectivity index (χ3v) is 6.29. The number of carbonyl (C=O) groups excluding carboxylic acids is 2. The maximum absolute atomic E-state index is 12.7. The molecule has 0 aliphatic rings. The van der Waals surface area contributed by atoms with Crippen LogP contribution in [0.15, 0.2) is 6.07 Å². The highest BCUT2D eigenvalue weighted by molar-refractivity contribution is 7.92. The van der Waals surface area contributed by atoms with Crippen LogP contribution in [0.5, 0.6) is 0 Å². The summed E-state index contributed by atoms with van der Waals surface area (Å²) in [6, 6.07) is 1.40. The van der Waals surface area contributed by atoms with Crippen molar-refractivity contribution in [3.05, 3.63) is 17.5 Å². The zero-order chi connectivity index (χ0) is 18.5. The van der Waals surface area contributed by atoms with Gasteiger partial charge in [-0.1, -0.05) is 26.7 Å². The topological polar surface area (TPSA) is 149 Å². The second-order valence-electron chi connectivity index (χ2n) is 6.11. The monoisotopic (exact) mass is 358 g/mol. The fourth-order valence-corrected chi connectivity index (χ4v) is 4.93. The van der Waals surface area contributed by atoms with Crippen molar-refractivity contribution in [2.45, 2.75) is 57.2 Å². The number of aromatic nitrogens is 2. The molecule has 0 fully saturated rings. The smallest absolute Gasteiger partial charge is 0.246 e. The highest BCUT2D eigenvalue weighted by Crippen LogP contribution is 2.21. The number of hydrogen-bond donors (Lipinski definition) is 3. The maximum atomic E-state index is 12.7. The molecule has 1 heterocycles. The predicted octanol–water partition coefficient (Wildman–Crippen LogP) is 0.467. The lowest BCUT2D eigenvalue weighted by molar-refractivity contribution is -0.120. The Morgan fingerprint density at radius 2 is 1.83 bits per heavy atom. The Hall–Kier alpha value is -1.74. The fourth-order valence-electron chi connectivity index (χ4n) is 2.59. The van der Waals surface area contributed by atoms with Crippen LogP contribution in [0, 0.1) is 6.92 Å². The number of ketones is 1. The van der Waals surface area contributed by atoms with Gasteiger partial charge in [0.15, 0.2) is 15.4 Å². The van der Waals surface area contributed by atoms with E-state index in [1.165, 1.54) is 6.07 Å². The number of nitrogens with two attached hydrogens (primary N) is 2. The van der Waals surface area contributed by atoms with Crippen molar-refractivity contribution in [3.63, 3.8) is 0 Å². The maximum Gasteiger partial charge on any atom is 0.246 e. The summed E-state index contributed by atoms with van der Waals surface area (Å²) in [6.07, 6.45) is 2.23. The number of primary amides is 1. The van der Waals surface area contributed by atoms with E-state index in [0.29, 0.717) is 31.4 Å². The van der Waals surface area contributed by atoms with Crippen molar-refractivity contribution in [2.75, 3.05) is 5.75 Å². The number of nitrogens with one attached hydrogen (secondary N) is 1. The second-order valence-corrected chi connectivity index (χ2v) is 8.39. The van der Waals surface area contributed by atoms with Crippen LogP contribution < -0.4 is 11.5 Å². The summed E-state index contributed by atoms with van der Waals surface area (Å²) in [5.41, 5.74) is 9.32. The second kappa shape index (κ2) is 7.89. The van der Waals surface area contributed by atoms with E-state index in [1.54, 1.807) is 6.92 Å². The number of aromatic amines is 1. The van der Waals surface area contributed by atoms with Crippen LogP contribution in [0.4, 0.5) is 0 Å².